The van der Waals surface area contributed by atoms with Crippen molar-refractivity contribution < 1.29 is 9.53 Å². The van der Waals surface area contributed by atoms with Crippen LogP contribution in [-0.4, -0.2) is 42.0 Å². The molecule has 0 spiro atoms. The van der Waals surface area contributed by atoms with E-state index in [0.29, 0.717) is 11.7 Å². The van der Waals surface area contributed by atoms with E-state index in [1.807, 2.05) is 30.5 Å². The summed E-state index contributed by atoms with van der Waals surface area (Å²) in [5, 5.41) is 0. The fourth-order valence-corrected chi connectivity index (χ4v) is 3.37. The molecular weight excluding hydrogens is 326 g/mol. The van der Waals surface area contributed by atoms with Crippen molar-refractivity contribution in [2.45, 2.75) is 33.2 Å². The van der Waals surface area contributed by atoms with Crippen LogP contribution in [0.25, 0.3) is 0 Å². The summed E-state index contributed by atoms with van der Waals surface area (Å²) < 4.78 is 5.18. The number of hydrogen-bond acceptors (Lipinski definition) is 5. The van der Waals surface area contributed by atoms with Gasteiger partial charge in [0.2, 0.25) is 0 Å². The summed E-state index contributed by atoms with van der Waals surface area (Å²) >= 11 is 0. The van der Waals surface area contributed by atoms with E-state index in [1.165, 1.54) is 12.5 Å². The third-order valence-electron chi connectivity index (χ3n) is 4.68. The Balaban J connectivity index is 1.60. The molecule has 1 fully saturated rings. The summed E-state index contributed by atoms with van der Waals surface area (Å²) in [6.07, 6.45) is 1.88. The van der Waals surface area contributed by atoms with Crippen LogP contribution in [0.5, 0.6) is 5.75 Å². The molecule has 5 heteroatoms. The van der Waals surface area contributed by atoms with Gasteiger partial charge in [0.05, 0.1) is 0 Å². The highest BCUT2D eigenvalue weighted by atomic mass is 16.5. The molecule has 0 N–H and O–H groups in total. The molecule has 138 valence electrons. The zero-order valence-corrected chi connectivity index (χ0v) is 15.8. The number of pyridine rings is 1. The van der Waals surface area contributed by atoms with Crippen molar-refractivity contribution in [1.82, 2.24) is 9.88 Å². The van der Waals surface area contributed by atoms with Gasteiger partial charge in [-0.05, 0) is 35.2 Å². The Morgan fingerprint density at radius 1 is 1.15 bits per heavy atom. The average Bonchev–Trinajstić information content (AvgIpc) is 2.62. The summed E-state index contributed by atoms with van der Waals surface area (Å²) in [6, 6.07) is 12.0. The molecule has 1 aliphatic heterocycles. The van der Waals surface area contributed by atoms with E-state index in [4.69, 9.17) is 4.74 Å². The number of carbonyl (C=O) groups excluding carboxylic acids is 1. The van der Waals surface area contributed by atoms with Gasteiger partial charge in [0.15, 0.2) is 0 Å². The lowest BCUT2D eigenvalue weighted by Crippen LogP contribution is -2.46. The monoisotopic (exact) mass is 353 g/mol. The lowest BCUT2D eigenvalue weighted by molar-refractivity contribution is -0.131. The third-order valence-corrected chi connectivity index (χ3v) is 4.68. The van der Waals surface area contributed by atoms with Gasteiger partial charge in [0.1, 0.15) is 11.6 Å². The maximum absolute atomic E-state index is 11.1. The number of benzene rings is 1. The fraction of sp³-hybridized carbons (Fsp3) is 0.429. The number of anilines is 1. The molecule has 1 aliphatic rings. The maximum atomic E-state index is 11.1. The quantitative estimate of drug-likeness (QED) is 0.608. The lowest BCUT2D eigenvalue weighted by Gasteiger charge is -2.36. The SMILES string of the molecule is CC(=O)Oc1cccc(CN2CCN(c3ncccc3C(C)C)CC2)c1. The molecule has 26 heavy (non-hydrogen) atoms. The van der Waals surface area contributed by atoms with Crippen LogP contribution >= 0.6 is 0 Å². The van der Waals surface area contributed by atoms with Crippen molar-refractivity contribution in [3.05, 3.63) is 53.7 Å². The highest BCUT2D eigenvalue weighted by molar-refractivity contribution is 5.69. The van der Waals surface area contributed by atoms with Crippen molar-refractivity contribution in [2.75, 3.05) is 31.1 Å². The van der Waals surface area contributed by atoms with Crippen LogP contribution in [0.3, 0.4) is 0 Å². The van der Waals surface area contributed by atoms with Gasteiger partial charge in [-0.15, -0.1) is 0 Å². The summed E-state index contributed by atoms with van der Waals surface area (Å²) in [5.41, 5.74) is 2.48. The topological polar surface area (TPSA) is 45.7 Å². The number of aromatic nitrogens is 1. The van der Waals surface area contributed by atoms with E-state index in [0.717, 1.165) is 44.1 Å². The van der Waals surface area contributed by atoms with Crippen molar-refractivity contribution in [2.24, 2.45) is 0 Å². The minimum atomic E-state index is -0.285. The van der Waals surface area contributed by atoms with Crippen LogP contribution < -0.4 is 9.64 Å². The maximum Gasteiger partial charge on any atom is 0.308 e. The number of esters is 1. The van der Waals surface area contributed by atoms with Crippen molar-refractivity contribution in [3.63, 3.8) is 0 Å². The second kappa shape index (κ2) is 8.32. The largest absolute Gasteiger partial charge is 0.427 e. The predicted octanol–water partition coefficient (Wildman–Crippen LogP) is 3.45. The number of carbonyl (C=O) groups is 1. The minimum absolute atomic E-state index is 0.285. The smallest absolute Gasteiger partial charge is 0.308 e. The number of rotatable bonds is 5. The van der Waals surface area contributed by atoms with E-state index in [9.17, 15) is 4.79 Å². The van der Waals surface area contributed by atoms with Crippen LogP contribution in [0.15, 0.2) is 42.6 Å². The summed E-state index contributed by atoms with van der Waals surface area (Å²) in [4.78, 5) is 20.6. The van der Waals surface area contributed by atoms with Gasteiger partial charge < -0.3 is 9.64 Å². The van der Waals surface area contributed by atoms with Crippen LogP contribution in [0, 0.1) is 0 Å². The van der Waals surface area contributed by atoms with E-state index >= 15 is 0 Å². The van der Waals surface area contributed by atoms with E-state index in [2.05, 4.69) is 40.8 Å². The summed E-state index contributed by atoms with van der Waals surface area (Å²) in [6.45, 7) is 10.6. The van der Waals surface area contributed by atoms with E-state index in [-0.39, 0.29) is 5.97 Å². The molecule has 0 atom stereocenters. The Labute approximate surface area is 155 Å². The first-order chi connectivity index (χ1) is 12.5. The Kier molecular flexibility index (Phi) is 5.89. The molecule has 0 unspecified atom stereocenters. The zero-order valence-electron chi connectivity index (χ0n) is 15.8. The third kappa shape index (κ3) is 4.61. The molecule has 0 radical (unpaired) electrons. The molecule has 0 saturated carbocycles. The molecule has 3 rings (SSSR count). The number of nitrogens with zero attached hydrogens (tertiary/aromatic N) is 3. The summed E-state index contributed by atoms with van der Waals surface area (Å²) in [5.74, 6) is 1.93. The Hall–Kier alpha value is -2.40. The Morgan fingerprint density at radius 2 is 1.92 bits per heavy atom. The predicted molar refractivity (Wildman–Crippen MR) is 104 cm³/mol. The van der Waals surface area contributed by atoms with Gasteiger partial charge in [-0.2, -0.15) is 0 Å². The normalized spacial score (nSPS) is 15.3. The fourth-order valence-electron chi connectivity index (χ4n) is 3.37. The van der Waals surface area contributed by atoms with Crippen LogP contribution in [0.1, 0.15) is 37.8 Å². The molecular formula is C21H27N3O2. The number of piperazine rings is 1. The van der Waals surface area contributed by atoms with Gasteiger partial charge in [-0.3, -0.25) is 9.69 Å². The molecule has 0 bridgehead atoms. The standard InChI is InChI=1S/C21H27N3O2/c1-16(2)20-8-5-9-22-21(20)24-12-10-23(11-13-24)15-18-6-4-7-19(14-18)26-17(3)25/h4-9,14,16H,10-13,15H2,1-3H3. The molecule has 2 heterocycles. The van der Waals surface area contributed by atoms with Crippen LogP contribution in [0.2, 0.25) is 0 Å². The molecule has 0 aliphatic carbocycles. The number of hydrogen-bond donors (Lipinski definition) is 0. The van der Waals surface area contributed by atoms with E-state index in [1.54, 1.807) is 0 Å². The highest BCUT2D eigenvalue weighted by Crippen LogP contribution is 2.26. The first-order valence-corrected chi connectivity index (χ1v) is 9.22. The van der Waals surface area contributed by atoms with Crippen molar-refractivity contribution >= 4 is 11.8 Å². The van der Waals surface area contributed by atoms with Gasteiger partial charge in [0, 0.05) is 45.8 Å². The second-order valence-corrected chi connectivity index (χ2v) is 7.08. The Bertz CT molecular complexity index is 752. The van der Waals surface area contributed by atoms with E-state index < -0.39 is 0 Å². The molecule has 1 saturated heterocycles. The second-order valence-electron chi connectivity index (χ2n) is 7.08. The van der Waals surface area contributed by atoms with Gasteiger partial charge in [0.25, 0.3) is 0 Å². The number of ether oxygens (including phenoxy) is 1. The zero-order chi connectivity index (χ0) is 18.5. The highest BCUT2D eigenvalue weighted by Gasteiger charge is 2.21. The Morgan fingerprint density at radius 3 is 2.62 bits per heavy atom. The molecule has 0 amide bonds. The molecule has 5 nitrogen and oxygen atoms in total. The van der Waals surface area contributed by atoms with Crippen LogP contribution in [0.4, 0.5) is 5.82 Å². The van der Waals surface area contributed by atoms with Gasteiger partial charge >= 0.3 is 5.97 Å². The summed E-state index contributed by atoms with van der Waals surface area (Å²) in [7, 11) is 0. The van der Waals surface area contributed by atoms with Crippen molar-refractivity contribution in [1.29, 1.82) is 0 Å². The van der Waals surface area contributed by atoms with Crippen LogP contribution in [-0.2, 0) is 11.3 Å². The first kappa shape index (κ1) is 18.4. The van der Waals surface area contributed by atoms with Crippen molar-refractivity contribution in [3.8, 4) is 5.75 Å². The molecule has 1 aromatic heterocycles. The molecule has 2 aromatic rings. The average molecular weight is 353 g/mol. The minimum Gasteiger partial charge on any atom is -0.427 e. The molecule has 1 aromatic carbocycles. The van der Waals surface area contributed by atoms with Gasteiger partial charge in [-0.1, -0.05) is 32.0 Å². The first-order valence-electron chi connectivity index (χ1n) is 9.22. The lowest BCUT2D eigenvalue weighted by atomic mass is 10.0. The van der Waals surface area contributed by atoms with Gasteiger partial charge in [-0.25, -0.2) is 4.98 Å².